The number of carbonyl (C=O) groups is 1. The largest absolute Gasteiger partial charge is 0.493 e. The summed E-state index contributed by atoms with van der Waals surface area (Å²) in [6.45, 7) is 2.20. The Labute approximate surface area is 164 Å². The molecule has 0 atom stereocenters. The monoisotopic (exact) mass is 442 g/mol. The topological polar surface area (TPSA) is 44.8 Å². The average molecular weight is 444 g/mol. The number of esters is 1. The first-order valence-corrected chi connectivity index (χ1v) is 8.90. The van der Waals surface area contributed by atoms with Gasteiger partial charge in [0.1, 0.15) is 12.4 Å². The van der Waals surface area contributed by atoms with Crippen LogP contribution in [0.5, 0.6) is 11.5 Å². The molecular weight excluding hydrogens is 427 g/mol. The van der Waals surface area contributed by atoms with E-state index in [1.165, 1.54) is 25.3 Å². The molecule has 0 aromatic heterocycles. The van der Waals surface area contributed by atoms with Crippen molar-refractivity contribution in [3.8, 4) is 11.5 Å². The fraction of sp³-hybridized carbons (Fsp3) is 0.211. The zero-order chi connectivity index (χ0) is 19.1. The van der Waals surface area contributed by atoms with Crippen LogP contribution in [0.1, 0.15) is 18.1 Å². The smallest absolute Gasteiger partial charge is 0.330 e. The van der Waals surface area contributed by atoms with Crippen LogP contribution in [0.25, 0.3) is 6.08 Å². The summed E-state index contributed by atoms with van der Waals surface area (Å²) in [4.78, 5) is 11.4. The number of hydrogen-bond acceptors (Lipinski definition) is 4. The number of benzene rings is 2. The lowest BCUT2D eigenvalue weighted by atomic mass is 10.2. The molecule has 0 N–H and O–H groups in total. The van der Waals surface area contributed by atoms with E-state index in [1.807, 2.05) is 0 Å². The number of carbonyl (C=O) groups excluding carboxylic acids is 1. The van der Waals surface area contributed by atoms with Gasteiger partial charge in [-0.25, -0.2) is 9.18 Å². The van der Waals surface area contributed by atoms with Crippen molar-refractivity contribution in [2.45, 2.75) is 13.5 Å². The lowest BCUT2D eigenvalue weighted by molar-refractivity contribution is -0.137. The maximum atomic E-state index is 13.1. The molecule has 2 rings (SSSR count). The Kier molecular flexibility index (Phi) is 7.48. The zero-order valence-corrected chi connectivity index (χ0v) is 16.6. The molecule has 0 amide bonds. The Morgan fingerprint density at radius 3 is 2.73 bits per heavy atom. The summed E-state index contributed by atoms with van der Waals surface area (Å²) in [7, 11) is 1.51. The molecule has 0 radical (unpaired) electrons. The summed E-state index contributed by atoms with van der Waals surface area (Å²) >= 11 is 9.45. The highest BCUT2D eigenvalue weighted by molar-refractivity contribution is 9.10. The van der Waals surface area contributed by atoms with Gasteiger partial charge in [-0.05, 0) is 58.8 Å². The van der Waals surface area contributed by atoms with Gasteiger partial charge in [0.2, 0.25) is 0 Å². The van der Waals surface area contributed by atoms with E-state index in [9.17, 15) is 9.18 Å². The van der Waals surface area contributed by atoms with Crippen molar-refractivity contribution in [3.05, 3.63) is 62.8 Å². The molecule has 0 saturated heterocycles. The predicted molar refractivity (Wildman–Crippen MR) is 102 cm³/mol. The third-order valence-electron chi connectivity index (χ3n) is 3.34. The van der Waals surface area contributed by atoms with Crippen LogP contribution in [0.2, 0.25) is 5.02 Å². The Hall–Kier alpha value is -2.05. The second kappa shape index (κ2) is 9.59. The minimum absolute atomic E-state index is 0.145. The first kappa shape index (κ1) is 20.3. The van der Waals surface area contributed by atoms with Crippen molar-refractivity contribution in [1.82, 2.24) is 0 Å². The summed E-state index contributed by atoms with van der Waals surface area (Å²) in [5, 5.41) is 0.286. The lowest BCUT2D eigenvalue weighted by Gasteiger charge is -2.14. The van der Waals surface area contributed by atoms with E-state index < -0.39 is 11.8 Å². The second-order valence-electron chi connectivity index (χ2n) is 5.14. The molecule has 0 bridgehead atoms. The summed E-state index contributed by atoms with van der Waals surface area (Å²) in [5.74, 6) is 0.117. The normalized spacial score (nSPS) is 10.8. The highest BCUT2D eigenvalue weighted by atomic mass is 79.9. The van der Waals surface area contributed by atoms with Crippen molar-refractivity contribution >= 4 is 39.6 Å². The van der Waals surface area contributed by atoms with Crippen LogP contribution in [-0.4, -0.2) is 19.7 Å². The van der Waals surface area contributed by atoms with E-state index in [1.54, 1.807) is 31.2 Å². The van der Waals surface area contributed by atoms with Gasteiger partial charge in [0, 0.05) is 11.6 Å². The van der Waals surface area contributed by atoms with Crippen LogP contribution >= 0.6 is 27.5 Å². The van der Waals surface area contributed by atoms with Crippen molar-refractivity contribution in [3.63, 3.8) is 0 Å². The predicted octanol–water partition coefficient (Wildman–Crippen LogP) is 5.41. The number of rotatable bonds is 7. The molecule has 0 aliphatic heterocycles. The molecule has 0 spiro atoms. The van der Waals surface area contributed by atoms with E-state index >= 15 is 0 Å². The molecule has 0 fully saturated rings. The number of halogens is 3. The lowest BCUT2D eigenvalue weighted by Crippen LogP contribution is -2.00. The number of hydrogen-bond donors (Lipinski definition) is 0. The van der Waals surface area contributed by atoms with E-state index in [-0.39, 0.29) is 11.6 Å². The van der Waals surface area contributed by atoms with Gasteiger partial charge in [-0.2, -0.15) is 0 Å². The van der Waals surface area contributed by atoms with E-state index in [2.05, 4.69) is 15.9 Å². The molecule has 2 aromatic rings. The van der Waals surface area contributed by atoms with Crippen LogP contribution in [-0.2, 0) is 16.1 Å². The maximum Gasteiger partial charge on any atom is 0.330 e. The molecule has 0 saturated carbocycles. The highest BCUT2D eigenvalue weighted by Crippen LogP contribution is 2.38. The third kappa shape index (κ3) is 5.47. The van der Waals surface area contributed by atoms with E-state index in [0.29, 0.717) is 28.1 Å². The fourth-order valence-electron chi connectivity index (χ4n) is 2.12. The zero-order valence-electron chi connectivity index (χ0n) is 14.2. The second-order valence-corrected chi connectivity index (χ2v) is 6.41. The van der Waals surface area contributed by atoms with Gasteiger partial charge in [-0.15, -0.1) is 0 Å². The van der Waals surface area contributed by atoms with Crippen LogP contribution in [0.4, 0.5) is 4.39 Å². The quantitative estimate of drug-likeness (QED) is 0.424. The van der Waals surface area contributed by atoms with E-state index in [0.717, 1.165) is 5.56 Å². The maximum absolute atomic E-state index is 13.1. The number of methoxy groups -OCH3 is 1. The van der Waals surface area contributed by atoms with E-state index in [4.69, 9.17) is 25.8 Å². The SMILES string of the molecule is CCOC(=O)/C=C/c1cc(Br)c(OCc2ccc(F)cc2Cl)c(OC)c1. The van der Waals surface area contributed by atoms with Gasteiger partial charge in [0.25, 0.3) is 0 Å². The van der Waals surface area contributed by atoms with Crippen molar-refractivity contribution in [2.75, 3.05) is 13.7 Å². The average Bonchev–Trinajstić information content (AvgIpc) is 2.60. The summed E-state index contributed by atoms with van der Waals surface area (Å²) in [6, 6.07) is 7.62. The van der Waals surface area contributed by atoms with Crippen LogP contribution in [0, 0.1) is 5.82 Å². The number of ether oxygens (including phenoxy) is 3. The third-order valence-corrected chi connectivity index (χ3v) is 4.28. The van der Waals surface area contributed by atoms with Crippen molar-refractivity contribution < 1.29 is 23.4 Å². The van der Waals surface area contributed by atoms with Crippen LogP contribution in [0.3, 0.4) is 0 Å². The minimum Gasteiger partial charge on any atom is -0.493 e. The summed E-state index contributed by atoms with van der Waals surface area (Å²) in [5.41, 5.74) is 1.38. The molecule has 0 heterocycles. The molecular formula is C19H17BrClFO4. The Bertz CT molecular complexity index is 823. The molecule has 26 heavy (non-hydrogen) atoms. The fourth-order valence-corrected chi connectivity index (χ4v) is 2.92. The first-order chi connectivity index (χ1) is 12.4. The summed E-state index contributed by atoms with van der Waals surface area (Å²) < 4.78 is 29.8. The minimum atomic E-state index is -0.422. The van der Waals surface area contributed by atoms with Crippen molar-refractivity contribution in [1.29, 1.82) is 0 Å². The molecule has 0 aliphatic carbocycles. The van der Waals surface area contributed by atoms with Crippen molar-refractivity contribution in [2.24, 2.45) is 0 Å². The first-order valence-electron chi connectivity index (χ1n) is 7.73. The van der Waals surface area contributed by atoms with Gasteiger partial charge in [0.05, 0.1) is 23.2 Å². The Morgan fingerprint density at radius 1 is 1.31 bits per heavy atom. The molecule has 0 unspecified atom stereocenters. The molecule has 7 heteroatoms. The standard InChI is InChI=1S/C19H17BrClFO4/c1-3-25-18(23)7-4-12-8-15(20)19(17(9-12)24-2)26-11-13-5-6-14(22)10-16(13)21/h4-10H,3,11H2,1-2H3/b7-4+. The molecule has 0 aliphatic rings. The van der Waals surface area contributed by atoms with Gasteiger partial charge in [-0.1, -0.05) is 17.7 Å². The highest BCUT2D eigenvalue weighted by Gasteiger charge is 2.12. The van der Waals surface area contributed by atoms with Crippen LogP contribution < -0.4 is 9.47 Å². The van der Waals surface area contributed by atoms with Gasteiger partial charge in [0.15, 0.2) is 11.5 Å². The molecule has 138 valence electrons. The molecule has 4 nitrogen and oxygen atoms in total. The van der Waals surface area contributed by atoms with Gasteiger partial charge in [-0.3, -0.25) is 0 Å². The van der Waals surface area contributed by atoms with Gasteiger partial charge >= 0.3 is 5.97 Å². The van der Waals surface area contributed by atoms with Crippen LogP contribution in [0.15, 0.2) is 40.9 Å². The Balaban J connectivity index is 2.19. The van der Waals surface area contributed by atoms with Gasteiger partial charge < -0.3 is 14.2 Å². The Morgan fingerprint density at radius 2 is 2.08 bits per heavy atom. The molecule has 2 aromatic carbocycles. The summed E-state index contributed by atoms with van der Waals surface area (Å²) in [6.07, 6.45) is 2.95.